The molecule has 1 aliphatic rings. The van der Waals surface area contributed by atoms with Gasteiger partial charge in [0.2, 0.25) is 0 Å². The van der Waals surface area contributed by atoms with Crippen LogP contribution in [0.2, 0.25) is 10.0 Å². The third-order valence-electron chi connectivity index (χ3n) is 4.11. The minimum Gasteiger partial charge on any atom is -0.335 e. The van der Waals surface area contributed by atoms with Gasteiger partial charge < -0.3 is 4.90 Å². The van der Waals surface area contributed by atoms with Crippen LogP contribution < -0.4 is 0 Å². The minimum atomic E-state index is -0.250. The Balaban J connectivity index is 1.79. The molecule has 0 aliphatic carbocycles. The van der Waals surface area contributed by atoms with Gasteiger partial charge in [0.05, 0.1) is 0 Å². The maximum Gasteiger partial charge on any atom is 0.254 e. The SMILES string of the molecule is O=C(c1cc(Cl)cc(Cl)c1)N1CCCC1Cc1cccc(F)c1. The van der Waals surface area contributed by atoms with Crippen LogP contribution in [0.5, 0.6) is 0 Å². The highest BCUT2D eigenvalue weighted by atomic mass is 35.5. The van der Waals surface area contributed by atoms with Gasteiger partial charge >= 0.3 is 0 Å². The monoisotopic (exact) mass is 351 g/mol. The molecule has 0 bridgehead atoms. The molecule has 1 heterocycles. The average molecular weight is 352 g/mol. The lowest BCUT2D eigenvalue weighted by atomic mass is 10.0. The molecule has 1 fully saturated rings. The Hall–Kier alpha value is -1.58. The Bertz CT molecular complexity index is 714. The van der Waals surface area contributed by atoms with Crippen LogP contribution >= 0.6 is 23.2 Å². The molecule has 2 aromatic rings. The second-order valence-corrected chi connectivity index (χ2v) is 6.66. The number of amides is 1. The zero-order chi connectivity index (χ0) is 16.4. The molecule has 5 heteroatoms. The maximum absolute atomic E-state index is 13.3. The Morgan fingerprint density at radius 1 is 1.17 bits per heavy atom. The number of likely N-dealkylation sites (tertiary alicyclic amines) is 1. The zero-order valence-corrected chi connectivity index (χ0v) is 13.9. The second-order valence-electron chi connectivity index (χ2n) is 5.79. The van der Waals surface area contributed by atoms with Crippen molar-refractivity contribution in [2.45, 2.75) is 25.3 Å². The van der Waals surface area contributed by atoms with Gasteiger partial charge in [0, 0.05) is 28.2 Å². The van der Waals surface area contributed by atoms with Gasteiger partial charge in [0.1, 0.15) is 5.82 Å². The molecular weight excluding hydrogens is 336 g/mol. The summed E-state index contributed by atoms with van der Waals surface area (Å²) in [6.45, 7) is 0.697. The predicted molar refractivity (Wildman–Crippen MR) is 90.6 cm³/mol. The predicted octanol–water partition coefficient (Wildman–Crippen LogP) is 4.98. The third kappa shape index (κ3) is 3.85. The smallest absolute Gasteiger partial charge is 0.254 e. The molecule has 2 aromatic carbocycles. The van der Waals surface area contributed by atoms with E-state index in [4.69, 9.17) is 23.2 Å². The Morgan fingerprint density at radius 2 is 1.91 bits per heavy atom. The van der Waals surface area contributed by atoms with Gasteiger partial charge in [-0.15, -0.1) is 0 Å². The Labute approximate surface area is 144 Å². The highest BCUT2D eigenvalue weighted by Gasteiger charge is 2.29. The van der Waals surface area contributed by atoms with Crippen molar-refractivity contribution in [3.05, 3.63) is 69.5 Å². The van der Waals surface area contributed by atoms with E-state index >= 15 is 0 Å². The van der Waals surface area contributed by atoms with Crippen LogP contribution in [0.15, 0.2) is 42.5 Å². The lowest BCUT2D eigenvalue weighted by Gasteiger charge is -2.25. The van der Waals surface area contributed by atoms with Gasteiger partial charge in [-0.05, 0) is 55.2 Å². The van der Waals surface area contributed by atoms with E-state index < -0.39 is 0 Å². The van der Waals surface area contributed by atoms with Crippen molar-refractivity contribution in [3.63, 3.8) is 0 Å². The summed E-state index contributed by atoms with van der Waals surface area (Å²) in [4.78, 5) is 14.6. The molecule has 3 rings (SSSR count). The fraction of sp³-hybridized carbons (Fsp3) is 0.278. The van der Waals surface area contributed by atoms with E-state index in [1.807, 2.05) is 11.0 Å². The molecule has 1 atom stereocenters. The first kappa shape index (κ1) is 16.3. The van der Waals surface area contributed by atoms with Crippen molar-refractivity contribution < 1.29 is 9.18 Å². The molecule has 1 amide bonds. The third-order valence-corrected chi connectivity index (χ3v) is 4.54. The first-order valence-electron chi connectivity index (χ1n) is 7.54. The second kappa shape index (κ2) is 6.90. The van der Waals surface area contributed by atoms with Gasteiger partial charge in [0.15, 0.2) is 0 Å². The van der Waals surface area contributed by atoms with E-state index in [-0.39, 0.29) is 17.8 Å². The summed E-state index contributed by atoms with van der Waals surface area (Å²) in [6, 6.07) is 11.5. The molecule has 23 heavy (non-hydrogen) atoms. The van der Waals surface area contributed by atoms with E-state index in [1.54, 1.807) is 24.3 Å². The van der Waals surface area contributed by atoms with Gasteiger partial charge in [-0.2, -0.15) is 0 Å². The molecule has 1 unspecified atom stereocenters. The lowest BCUT2D eigenvalue weighted by Crippen LogP contribution is -2.36. The average Bonchev–Trinajstić information content (AvgIpc) is 2.93. The Kier molecular flexibility index (Phi) is 4.88. The Morgan fingerprint density at radius 3 is 2.61 bits per heavy atom. The summed E-state index contributed by atoms with van der Waals surface area (Å²) in [5.74, 6) is -0.326. The van der Waals surface area contributed by atoms with Crippen molar-refractivity contribution in [1.82, 2.24) is 4.90 Å². The van der Waals surface area contributed by atoms with E-state index in [1.165, 1.54) is 12.1 Å². The van der Waals surface area contributed by atoms with Crippen LogP contribution in [-0.2, 0) is 6.42 Å². The summed E-state index contributed by atoms with van der Waals surface area (Å²) in [5.41, 5.74) is 1.40. The molecule has 2 nitrogen and oxygen atoms in total. The summed E-state index contributed by atoms with van der Waals surface area (Å²) >= 11 is 12.0. The maximum atomic E-state index is 13.3. The quantitative estimate of drug-likeness (QED) is 0.763. The van der Waals surface area contributed by atoms with Crippen LogP contribution in [0.25, 0.3) is 0 Å². The van der Waals surface area contributed by atoms with Crippen molar-refractivity contribution in [3.8, 4) is 0 Å². The fourth-order valence-electron chi connectivity index (χ4n) is 3.09. The van der Waals surface area contributed by atoms with Crippen LogP contribution in [0, 0.1) is 5.82 Å². The topological polar surface area (TPSA) is 20.3 Å². The molecule has 0 saturated carbocycles. The van der Waals surface area contributed by atoms with Crippen LogP contribution in [0.3, 0.4) is 0 Å². The fourth-order valence-corrected chi connectivity index (χ4v) is 3.62. The number of carbonyl (C=O) groups is 1. The number of rotatable bonds is 3. The van der Waals surface area contributed by atoms with E-state index in [0.29, 0.717) is 28.6 Å². The summed E-state index contributed by atoms with van der Waals surface area (Å²) in [7, 11) is 0. The highest BCUT2D eigenvalue weighted by Crippen LogP contribution is 2.26. The number of carbonyl (C=O) groups excluding carboxylic acids is 1. The molecule has 0 radical (unpaired) electrons. The molecular formula is C18H16Cl2FNO. The summed E-state index contributed by atoms with van der Waals surface area (Å²) < 4.78 is 13.3. The summed E-state index contributed by atoms with van der Waals surface area (Å²) in [6.07, 6.45) is 2.51. The molecule has 0 aromatic heterocycles. The van der Waals surface area contributed by atoms with Crippen molar-refractivity contribution in [2.75, 3.05) is 6.54 Å². The van der Waals surface area contributed by atoms with Crippen molar-refractivity contribution in [2.24, 2.45) is 0 Å². The van der Waals surface area contributed by atoms with E-state index in [0.717, 1.165) is 18.4 Å². The number of hydrogen-bond donors (Lipinski definition) is 0. The normalized spacial score (nSPS) is 17.5. The molecule has 1 aliphatic heterocycles. The number of nitrogens with zero attached hydrogens (tertiary/aromatic N) is 1. The molecule has 0 spiro atoms. The van der Waals surface area contributed by atoms with E-state index in [9.17, 15) is 9.18 Å². The standard InChI is InChI=1S/C18H16Cl2FNO/c19-14-9-13(10-15(20)11-14)18(23)22-6-2-5-17(22)8-12-3-1-4-16(21)7-12/h1,3-4,7,9-11,17H,2,5-6,8H2. The van der Waals surface area contributed by atoms with Gasteiger partial charge in [0.25, 0.3) is 5.91 Å². The van der Waals surface area contributed by atoms with Crippen LogP contribution in [-0.4, -0.2) is 23.4 Å². The summed E-state index contributed by atoms with van der Waals surface area (Å²) in [5, 5.41) is 0.892. The largest absolute Gasteiger partial charge is 0.335 e. The molecule has 0 N–H and O–H groups in total. The van der Waals surface area contributed by atoms with Crippen molar-refractivity contribution in [1.29, 1.82) is 0 Å². The molecule has 1 saturated heterocycles. The highest BCUT2D eigenvalue weighted by molar-refractivity contribution is 6.35. The van der Waals surface area contributed by atoms with Gasteiger partial charge in [-0.1, -0.05) is 35.3 Å². The van der Waals surface area contributed by atoms with Gasteiger partial charge in [-0.25, -0.2) is 4.39 Å². The van der Waals surface area contributed by atoms with Crippen molar-refractivity contribution >= 4 is 29.1 Å². The number of halogens is 3. The first-order chi connectivity index (χ1) is 11.0. The molecule has 120 valence electrons. The van der Waals surface area contributed by atoms with Crippen LogP contribution in [0.1, 0.15) is 28.8 Å². The lowest BCUT2D eigenvalue weighted by molar-refractivity contribution is 0.0736. The van der Waals surface area contributed by atoms with E-state index in [2.05, 4.69) is 0 Å². The first-order valence-corrected chi connectivity index (χ1v) is 8.30. The van der Waals surface area contributed by atoms with Crippen LogP contribution in [0.4, 0.5) is 4.39 Å². The minimum absolute atomic E-state index is 0.0713. The zero-order valence-electron chi connectivity index (χ0n) is 12.4. The number of hydrogen-bond acceptors (Lipinski definition) is 1. The number of benzene rings is 2. The van der Waals surface area contributed by atoms with Gasteiger partial charge in [-0.3, -0.25) is 4.79 Å².